The molecule has 1 heterocycles. The van der Waals surface area contributed by atoms with E-state index < -0.39 is 0 Å². The number of nitrogens with zero attached hydrogens (tertiary/aromatic N) is 1. The molecule has 1 aromatic heterocycles. The van der Waals surface area contributed by atoms with Gasteiger partial charge in [0.15, 0.2) is 0 Å². The molecule has 0 saturated heterocycles. The van der Waals surface area contributed by atoms with E-state index in [1.807, 2.05) is 53.9 Å². The first-order valence-electron chi connectivity index (χ1n) is 7.42. The lowest BCUT2D eigenvalue weighted by Gasteiger charge is -2.08. The third-order valence-electron chi connectivity index (χ3n) is 3.43. The van der Waals surface area contributed by atoms with Crippen molar-refractivity contribution in [1.29, 1.82) is 0 Å². The molecule has 3 aromatic rings. The summed E-state index contributed by atoms with van der Waals surface area (Å²) in [5.41, 5.74) is 2.78. The monoisotopic (exact) mass is 339 g/mol. The number of hydrogen-bond donors (Lipinski definition) is 2. The summed E-state index contributed by atoms with van der Waals surface area (Å²) in [5, 5.41) is 8.54. The van der Waals surface area contributed by atoms with Gasteiger partial charge in [0.2, 0.25) is 0 Å². The number of methoxy groups -OCH3 is 1. The number of nitrogens with one attached hydrogen (secondary N) is 2. The van der Waals surface area contributed by atoms with Crippen LogP contribution in [0, 0.1) is 0 Å². The van der Waals surface area contributed by atoms with E-state index in [4.69, 9.17) is 4.74 Å². The first kappa shape index (κ1) is 16.0. The summed E-state index contributed by atoms with van der Waals surface area (Å²) in [6.45, 7) is 0.451. The quantitative estimate of drug-likeness (QED) is 0.734. The molecule has 3 rings (SSSR count). The smallest absolute Gasteiger partial charge is 0.319 e. The van der Waals surface area contributed by atoms with Crippen LogP contribution in [0.15, 0.2) is 60.1 Å². The fraction of sp³-hybridized carbons (Fsp3) is 0.111. The van der Waals surface area contributed by atoms with Gasteiger partial charge in [-0.05, 0) is 42.0 Å². The average Bonchev–Trinajstić information content (AvgIpc) is 3.16. The van der Waals surface area contributed by atoms with Gasteiger partial charge in [-0.2, -0.15) is 0 Å². The van der Waals surface area contributed by atoms with Crippen molar-refractivity contribution in [2.75, 3.05) is 12.4 Å². The highest BCUT2D eigenvalue weighted by Gasteiger charge is 2.04. The lowest BCUT2D eigenvalue weighted by atomic mass is 10.2. The van der Waals surface area contributed by atoms with Crippen LogP contribution < -0.4 is 15.4 Å². The van der Waals surface area contributed by atoms with Crippen molar-refractivity contribution in [3.8, 4) is 16.3 Å². The molecule has 5 nitrogen and oxygen atoms in total. The normalized spacial score (nSPS) is 10.2. The van der Waals surface area contributed by atoms with Gasteiger partial charge in [0.25, 0.3) is 0 Å². The largest absolute Gasteiger partial charge is 0.497 e. The van der Waals surface area contributed by atoms with Crippen LogP contribution in [0.3, 0.4) is 0 Å². The maximum absolute atomic E-state index is 12.0. The number of urea groups is 1. The molecule has 0 fully saturated rings. The van der Waals surface area contributed by atoms with Gasteiger partial charge in [0, 0.05) is 29.4 Å². The highest BCUT2D eigenvalue weighted by Crippen LogP contribution is 2.23. The molecule has 122 valence electrons. The van der Waals surface area contributed by atoms with E-state index >= 15 is 0 Å². The number of hydrogen-bond acceptors (Lipinski definition) is 4. The number of benzene rings is 2. The minimum Gasteiger partial charge on any atom is -0.497 e. The van der Waals surface area contributed by atoms with Gasteiger partial charge in [-0.3, -0.25) is 0 Å². The molecule has 2 N–H and O–H groups in total. The Morgan fingerprint density at radius 1 is 1.12 bits per heavy atom. The van der Waals surface area contributed by atoms with E-state index in [-0.39, 0.29) is 6.03 Å². The molecule has 0 aliphatic heterocycles. The Bertz CT molecular complexity index is 784. The van der Waals surface area contributed by atoms with Crippen molar-refractivity contribution in [3.05, 3.63) is 65.7 Å². The first-order valence-corrected chi connectivity index (χ1v) is 8.30. The van der Waals surface area contributed by atoms with Crippen molar-refractivity contribution in [2.45, 2.75) is 6.54 Å². The maximum atomic E-state index is 12.0. The predicted molar refractivity (Wildman–Crippen MR) is 96.4 cm³/mol. The fourth-order valence-corrected chi connectivity index (χ4v) is 2.81. The molecule has 0 spiro atoms. The average molecular weight is 339 g/mol. The van der Waals surface area contributed by atoms with E-state index in [9.17, 15) is 4.79 Å². The van der Waals surface area contributed by atoms with Crippen LogP contribution >= 0.6 is 11.3 Å². The van der Waals surface area contributed by atoms with Gasteiger partial charge in [0.05, 0.1) is 7.11 Å². The minimum absolute atomic E-state index is 0.243. The Labute approximate surface area is 144 Å². The summed E-state index contributed by atoms with van der Waals surface area (Å²) in [6, 6.07) is 14.9. The number of carbonyl (C=O) groups is 1. The molecule has 2 amide bonds. The van der Waals surface area contributed by atoms with Gasteiger partial charge >= 0.3 is 6.03 Å². The molecule has 0 aliphatic carbocycles. The molecule has 2 aromatic carbocycles. The number of aromatic nitrogens is 1. The first-order chi connectivity index (χ1) is 11.7. The summed E-state index contributed by atoms with van der Waals surface area (Å²) in [6.07, 6.45) is 1.78. The maximum Gasteiger partial charge on any atom is 0.319 e. The van der Waals surface area contributed by atoms with Gasteiger partial charge in [-0.25, -0.2) is 9.78 Å². The fourth-order valence-electron chi connectivity index (χ4n) is 2.16. The van der Waals surface area contributed by atoms with Crippen LogP contribution in [-0.4, -0.2) is 18.1 Å². The summed E-state index contributed by atoms with van der Waals surface area (Å²) in [4.78, 5) is 16.2. The number of ether oxygens (including phenoxy) is 1. The van der Waals surface area contributed by atoms with Gasteiger partial charge < -0.3 is 15.4 Å². The standard InChI is InChI=1S/C18H17N3O2S/c1-23-16-8-2-13(3-9-16)12-20-18(22)21-15-6-4-14(5-7-15)17-19-10-11-24-17/h2-11H,12H2,1H3,(H2,20,21,22). The Kier molecular flexibility index (Phi) is 5.08. The molecular formula is C18H17N3O2S. The summed E-state index contributed by atoms with van der Waals surface area (Å²) < 4.78 is 5.11. The molecule has 6 heteroatoms. The predicted octanol–water partition coefficient (Wildman–Crippen LogP) is 4.14. The Morgan fingerprint density at radius 2 is 1.88 bits per heavy atom. The Hall–Kier alpha value is -2.86. The second-order valence-electron chi connectivity index (χ2n) is 5.07. The molecular weight excluding hydrogens is 322 g/mol. The Balaban J connectivity index is 1.52. The topological polar surface area (TPSA) is 63.2 Å². The van der Waals surface area contributed by atoms with Gasteiger partial charge in [0.1, 0.15) is 10.8 Å². The number of amides is 2. The second kappa shape index (κ2) is 7.61. The van der Waals surface area contributed by atoms with Crippen LogP contribution in [0.2, 0.25) is 0 Å². The molecule has 0 atom stereocenters. The van der Waals surface area contributed by atoms with Crippen molar-refractivity contribution in [1.82, 2.24) is 10.3 Å². The zero-order valence-electron chi connectivity index (χ0n) is 13.2. The Morgan fingerprint density at radius 3 is 2.50 bits per heavy atom. The molecule has 0 bridgehead atoms. The van der Waals surface area contributed by atoms with Crippen LogP contribution in [0.4, 0.5) is 10.5 Å². The molecule has 24 heavy (non-hydrogen) atoms. The van der Waals surface area contributed by atoms with Gasteiger partial charge in [-0.15, -0.1) is 11.3 Å². The van der Waals surface area contributed by atoms with Gasteiger partial charge in [-0.1, -0.05) is 12.1 Å². The van der Waals surface area contributed by atoms with E-state index in [2.05, 4.69) is 15.6 Å². The lowest BCUT2D eigenvalue weighted by molar-refractivity contribution is 0.251. The van der Waals surface area contributed by atoms with Crippen LogP contribution in [-0.2, 0) is 6.54 Å². The van der Waals surface area contributed by atoms with Crippen molar-refractivity contribution in [2.24, 2.45) is 0 Å². The van der Waals surface area contributed by atoms with Crippen molar-refractivity contribution in [3.63, 3.8) is 0 Å². The zero-order chi connectivity index (χ0) is 16.8. The van der Waals surface area contributed by atoms with Crippen molar-refractivity contribution < 1.29 is 9.53 Å². The summed E-state index contributed by atoms with van der Waals surface area (Å²) in [7, 11) is 1.63. The molecule has 0 aliphatic rings. The highest BCUT2D eigenvalue weighted by molar-refractivity contribution is 7.13. The van der Waals surface area contributed by atoms with E-state index in [0.29, 0.717) is 6.54 Å². The minimum atomic E-state index is -0.243. The zero-order valence-corrected chi connectivity index (χ0v) is 14.0. The number of anilines is 1. The number of rotatable bonds is 5. The van der Waals surface area contributed by atoms with E-state index in [0.717, 1.165) is 27.6 Å². The SMILES string of the molecule is COc1ccc(CNC(=O)Nc2ccc(-c3nccs3)cc2)cc1. The van der Waals surface area contributed by atoms with E-state index in [1.54, 1.807) is 24.6 Å². The number of carbonyl (C=O) groups excluding carboxylic acids is 1. The van der Waals surface area contributed by atoms with Crippen LogP contribution in [0.5, 0.6) is 5.75 Å². The third kappa shape index (κ3) is 4.11. The summed E-state index contributed by atoms with van der Waals surface area (Å²) in [5.74, 6) is 0.795. The molecule has 0 saturated carbocycles. The van der Waals surface area contributed by atoms with E-state index in [1.165, 1.54) is 0 Å². The third-order valence-corrected chi connectivity index (χ3v) is 4.26. The lowest BCUT2D eigenvalue weighted by Crippen LogP contribution is -2.28. The summed E-state index contributed by atoms with van der Waals surface area (Å²) >= 11 is 1.58. The second-order valence-corrected chi connectivity index (χ2v) is 5.96. The van der Waals surface area contributed by atoms with Crippen LogP contribution in [0.1, 0.15) is 5.56 Å². The van der Waals surface area contributed by atoms with Crippen LogP contribution in [0.25, 0.3) is 10.6 Å². The van der Waals surface area contributed by atoms with Crippen molar-refractivity contribution >= 4 is 23.1 Å². The molecule has 0 unspecified atom stereocenters. The molecule has 0 radical (unpaired) electrons. The number of thiazole rings is 1. The highest BCUT2D eigenvalue weighted by atomic mass is 32.1.